The number of imide groups is 1. The van der Waals surface area contributed by atoms with Crippen molar-refractivity contribution in [1.29, 1.82) is 0 Å². The lowest BCUT2D eigenvalue weighted by Gasteiger charge is -2.15. The zero-order chi connectivity index (χ0) is 23.5. The van der Waals surface area contributed by atoms with E-state index in [4.69, 9.17) is 0 Å². The van der Waals surface area contributed by atoms with Crippen molar-refractivity contribution in [1.82, 2.24) is 9.88 Å². The van der Waals surface area contributed by atoms with Gasteiger partial charge in [0.2, 0.25) is 0 Å². The molecule has 0 aliphatic carbocycles. The highest BCUT2D eigenvalue weighted by Gasteiger charge is 2.39. The van der Waals surface area contributed by atoms with E-state index < -0.39 is 16.7 Å². The van der Waals surface area contributed by atoms with Crippen LogP contribution in [0.2, 0.25) is 0 Å². The highest BCUT2D eigenvalue weighted by atomic mass is 16.6. The summed E-state index contributed by atoms with van der Waals surface area (Å²) in [4.78, 5) is 42.4. The van der Waals surface area contributed by atoms with E-state index >= 15 is 0 Å². The number of carbonyl (C=O) groups is 2. The number of nitrogens with one attached hydrogen (secondary N) is 1. The number of carbonyl (C=O) groups excluding carboxylic acids is 2. The van der Waals surface area contributed by atoms with Gasteiger partial charge in [0.15, 0.2) is 0 Å². The van der Waals surface area contributed by atoms with Crippen LogP contribution >= 0.6 is 0 Å². The van der Waals surface area contributed by atoms with Crippen LogP contribution in [0, 0.1) is 10.1 Å². The van der Waals surface area contributed by atoms with E-state index in [9.17, 15) is 19.7 Å². The molecular formula is C25H22N4O4. The minimum Gasteiger partial charge on any atom is -0.350 e. The molecule has 4 rings (SSSR count). The second kappa shape index (κ2) is 9.04. The van der Waals surface area contributed by atoms with E-state index in [1.54, 1.807) is 24.5 Å². The van der Waals surface area contributed by atoms with Crippen LogP contribution in [0.25, 0.3) is 5.57 Å². The van der Waals surface area contributed by atoms with Crippen molar-refractivity contribution in [2.24, 2.45) is 0 Å². The van der Waals surface area contributed by atoms with Crippen molar-refractivity contribution in [3.8, 4) is 0 Å². The van der Waals surface area contributed by atoms with Gasteiger partial charge in [-0.15, -0.1) is 0 Å². The zero-order valence-corrected chi connectivity index (χ0v) is 18.2. The molecule has 0 fully saturated rings. The number of amides is 2. The number of nitro groups is 1. The van der Waals surface area contributed by atoms with Gasteiger partial charge in [-0.2, -0.15) is 0 Å². The largest absolute Gasteiger partial charge is 0.350 e. The summed E-state index contributed by atoms with van der Waals surface area (Å²) in [5.74, 6) is -0.581. The second-order valence-electron chi connectivity index (χ2n) is 8.01. The highest BCUT2D eigenvalue weighted by molar-refractivity contribution is 6.36. The van der Waals surface area contributed by atoms with Gasteiger partial charge in [-0.1, -0.05) is 32.0 Å². The molecule has 0 radical (unpaired) electrons. The maximum atomic E-state index is 13.3. The molecule has 33 heavy (non-hydrogen) atoms. The molecule has 2 aromatic carbocycles. The predicted molar refractivity (Wildman–Crippen MR) is 124 cm³/mol. The Kier molecular flexibility index (Phi) is 5.99. The van der Waals surface area contributed by atoms with E-state index in [-0.39, 0.29) is 23.5 Å². The fraction of sp³-hybridized carbons (Fsp3) is 0.160. The Hall–Kier alpha value is -4.33. The maximum Gasteiger partial charge on any atom is 0.278 e. The van der Waals surface area contributed by atoms with Crippen LogP contribution in [0.4, 0.5) is 11.4 Å². The number of anilines is 1. The number of benzene rings is 2. The molecule has 0 spiro atoms. The summed E-state index contributed by atoms with van der Waals surface area (Å²) in [5.41, 5.74) is 3.16. The summed E-state index contributed by atoms with van der Waals surface area (Å²) in [6.45, 7) is 4.25. The van der Waals surface area contributed by atoms with Crippen LogP contribution in [-0.2, 0) is 16.1 Å². The standard InChI is InChI=1S/C25H22N4O4/c1-16(2)18-5-9-20(10-6-18)27-23-22(19-7-11-21(12-8-19)29(32)33)24(30)28(25(23)31)15-17-4-3-13-26-14-17/h3-14,16,27H,15H2,1-2H3. The molecule has 2 amide bonds. The van der Waals surface area contributed by atoms with Crippen LogP contribution in [0.15, 0.2) is 78.8 Å². The molecule has 0 atom stereocenters. The van der Waals surface area contributed by atoms with E-state index in [1.807, 2.05) is 24.3 Å². The lowest BCUT2D eigenvalue weighted by atomic mass is 10.0. The topological polar surface area (TPSA) is 105 Å². The van der Waals surface area contributed by atoms with Crippen molar-refractivity contribution in [2.75, 3.05) is 5.32 Å². The Bertz CT molecular complexity index is 1230. The SMILES string of the molecule is CC(C)c1ccc(NC2=C(c3ccc([N+](=O)[O-])cc3)C(=O)N(Cc3cccnc3)C2=O)cc1. The molecule has 0 unspecified atom stereocenters. The summed E-state index contributed by atoms with van der Waals surface area (Å²) >= 11 is 0. The van der Waals surface area contributed by atoms with Crippen LogP contribution < -0.4 is 5.32 Å². The van der Waals surface area contributed by atoms with Crippen molar-refractivity contribution < 1.29 is 14.5 Å². The van der Waals surface area contributed by atoms with Gasteiger partial charge in [0, 0.05) is 30.2 Å². The van der Waals surface area contributed by atoms with E-state index in [1.165, 1.54) is 24.3 Å². The average Bonchev–Trinajstić information content (AvgIpc) is 3.04. The second-order valence-corrected chi connectivity index (χ2v) is 8.01. The van der Waals surface area contributed by atoms with Crippen LogP contribution in [-0.4, -0.2) is 26.6 Å². The van der Waals surface area contributed by atoms with E-state index in [0.29, 0.717) is 22.7 Å². The minimum atomic E-state index is -0.510. The quantitative estimate of drug-likeness (QED) is 0.328. The van der Waals surface area contributed by atoms with Crippen molar-refractivity contribution in [3.63, 3.8) is 0 Å². The molecule has 0 bridgehead atoms. The molecule has 1 N–H and O–H groups in total. The van der Waals surface area contributed by atoms with Gasteiger partial charge in [-0.05, 0) is 52.9 Å². The van der Waals surface area contributed by atoms with Gasteiger partial charge in [-0.3, -0.25) is 29.6 Å². The molecule has 0 saturated carbocycles. The van der Waals surface area contributed by atoms with Crippen LogP contribution in [0.1, 0.15) is 36.5 Å². The fourth-order valence-electron chi connectivity index (χ4n) is 3.62. The zero-order valence-electron chi connectivity index (χ0n) is 18.2. The lowest BCUT2D eigenvalue weighted by Crippen LogP contribution is -2.32. The first-order valence-corrected chi connectivity index (χ1v) is 10.5. The first kappa shape index (κ1) is 21.9. The van der Waals surface area contributed by atoms with Gasteiger partial charge in [0.05, 0.1) is 17.0 Å². The normalized spacial score (nSPS) is 13.7. The number of rotatable bonds is 7. The molecule has 8 nitrogen and oxygen atoms in total. The molecule has 1 aliphatic rings. The van der Waals surface area contributed by atoms with Crippen LogP contribution in [0.3, 0.4) is 0 Å². The lowest BCUT2D eigenvalue weighted by molar-refractivity contribution is -0.384. The highest BCUT2D eigenvalue weighted by Crippen LogP contribution is 2.32. The molecule has 3 aromatic rings. The molecule has 1 aliphatic heterocycles. The summed E-state index contributed by atoms with van der Waals surface area (Å²) in [5, 5.41) is 14.1. The number of hydrogen-bond donors (Lipinski definition) is 1. The van der Waals surface area contributed by atoms with Crippen molar-refractivity contribution in [3.05, 3.63) is 106 Å². The number of hydrogen-bond acceptors (Lipinski definition) is 6. The third-order valence-electron chi connectivity index (χ3n) is 5.45. The third kappa shape index (κ3) is 4.50. The Morgan fingerprint density at radius 2 is 1.70 bits per heavy atom. The monoisotopic (exact) mass is 442 g/mol. The van der Waals surface area contributed by atoms with Gasteiger partial charge in [0.25, 0.3) is 17.5 Å². The van der Waals surface area contributed by atoms with Gasteiger partial charge >= 0.3 is 0 Å². The van der Waals surface area contributed by atoms with E-state index in [2.05, 4.69) is 24.1 Å². The predicted octanol–water partition coefficient (Wildman–Crippen LogP) is 4.51. The first-order valence-electron chi connectivity index (χ1n) is 10.5. The van der Waals surface area contributed by atoms with Crippen molar-refractivity contribution in [2.45, 2.75) is 26.3 Å². The summed E-state index contributed by atoms with van der Waals surface area (Å²) in [6, 6.07) is 16.8. The number of aromatic nitrogens is 1. The Morgan fingerprint density at radius 1 is 1.00 bits per heavy atom. The summed E-state index contributed by atoms with van der Waals surface area (Å²) in [6.07, 6.45) is 3.22. The molecular weight excluding hydrogens is 420 g/mol. The smallest absolute Gasteiger partial charge is 0.278 e. The Morgan fingerprint density at radius 3 is 2.27 bits per heavy atom. The van der Waals surface area contributed by atoms with Gasteiger partial charge < -0.3 is 5.32 Å². The number of pyridine rings is 1. The molecule has 1 aromatic heterocycles. The van der Waals surface area contributed by atoms with Gasteiger partial charge in [0.1, 0.15) is 5.70 Å². The number of nitrogens with zero attached hydrogens (tertiary/aromatic N) is 3. The molecule has 2 heterocycles. The van der Waals surface area contributed by atoms with Gasteiger partial charge in [-0.25, -0.2) is 0 Å². The molecule has 0 saturated heterocycles. The molecule has 8 heteroatoms. The first-order chi connectivity index (χ1) is 15.8. The fourth-order valence-corrected chi connectivity index (χ4v) is 3.62. The number of nitro benzene ring substituents is 1. The number of non-ortho nitro benzene ring substituents is 1. The maximum absolute atomic E-state index is 13.3. The third-order valence-corrected chi connectivity index (χ3v) is 5.45. The Labute approximate surface area is 190 Å². The van der Waals surface area contributed by atoms with Crippen molar-refractivity contribution >= 4 is 28.8 Å². The Balaban J connectivity index is 1.72. The molecule has 166 valence electrons. The average molecular weight is 442 g/mol. The van der Waals surface area contributed by atoms with E-state index in [0.717, 1.165) is 10.5 Å². The summed E-state index contributed by atoms with van der Waals surface area (Å²) in [7, 11) is 0. The summed E-state index contributed by atoms with van der Waals surface area (Å²) < 4.78 is 0. The minimum absolute atomic E-state index is 0.0689. The van der Waals surface area contributed by atoms with Crippen LogP contribution in [0.5, 0.6) is 0 Å².